The van der Waals surface area contributed by atoms with Crippen molar-refractivity contribution >= 4 is 11.9 Å². The lowest BCUT2D eigenvalue weighted by Crippen LogP contribution is -2.42. The van der Waals surface area contributed by atoms with E-state index in [4.69, 9.17) is 4.74 Å². The molecule has 174 valence electrons. The number of ketones is 1. The van der Waals surface area contributed by atoms with Crippen LogP contribution in [0.2, 0.25) is 0 Å². The number of phenolic OH excluding ortho intramolecular Hbond substituents is 1. The number of rotatable bonds is 4. The lowest BCUT2D eigenvalue weighted by atomic mass is 9.55. The monoisotopic (exact) mass is 454 g/mol. The van der Waals surface area contributed by atoms with Gasteiger partial charge in [-0.05, 0) is 102 Å². The molecule has 0 unspecified atom stereocenters. The fourth-order valence-corrected chi connectivity index (χ4v) is 6.54. The van der Waals surface area contributed by atoms with Crippen molar-refractivity contribution < 1.29 is 28.2 Å². The summed E-state index contributed by atoms with van der Waals surface area (Å²) in [7, 11) is 1.40. The number of alkyl halides is 2. The number of fused-ring (bicyclic) bond motifs is 5. The zero-order valence-corrected chi connectivity index (χ0v) is 18.8. The normalized spacial score (nSPS) is 29.5. The van der Waals surface area contributed by atoms with Gasteiger partial charge in [-0.15, -0.1) is 0 Å². The fraction of sp³-hybridized carbons (Fsp3) is 0.444. The van der Waals surface area contributed by atoms with Crippen LogP contribution in [0, 0.1) is 17.3 Å². The van der Waals surface area contributed by atoms with Gasteiger partial charge in [0.2, 0.25) is 0 Å². The summed E-state index contributed by atoms with van der Waals surface area (Å²) in [6.07, 6.45) is 6.37. The Hall–Kier alpha value is -2.89. The minimum atomic E-state index is -2.93. The van der Waals surface area contributed by atoms with Crippen LogP contribution in [0.15, 0.2) is 42.0 Å². The lowest BCUT2D eigenvalue weighted by Gasteiger charge is -2.48. The molecule has 2 aromatic carbocycles. The third-order valence-corrected chi connectivity index (χ3v) is 8.09. The Morgan fingerprint density at radius 3 is 2.73 bits per heavy atom. The van der Waals surface area contributed by atoms with Crippen LogP contribution in [0.3, 0.4) is 0 Å². The van der Waals surface area contributed by atoms with Gasteiger partial charge in [0.15, 0.2) is 17.3 Å². The van der Waals surface area contributed by atoms with Gasteiger partial charge in [0.1, 0.15) is 5.75 Å². The molecular formula is C27H28F2O4. The van der Waals surface area contributed by atoms with Crippen LogP contribution >= 0.6 is 0 Å². The van der Waals surface area contributed by atoms with Crippen molar-refractivity contribution in [3.05, 3.63) is 58.7 Å². The van der Waals surface area contributed by atoms with E-state index in [9.17, 15) is 18.7 Å². The number of benzene rings is 2. The van der Waals surface area contributed by atoms with Gasteiger partial charge < -0.3 is 14.6 Å². The maximum Gasteiger partial charge on any atom is 0.387 e. The fourth-order valence-electron chi connectivity index (χ4n) is 6.54. The summed E-state index contributed by atoms with van der Waals surface area (Å²) in [4.78, 5) is 13.5. The molecule has 3 aliphatic rings. The average molecular weight is 455 g/mol. The van der Waals surface area contributed by atoms with Gasteiger partial charge >= 0.3 is 6.61 Å². The van der Waals surface area contributed by atoms with E-state index in [1.165, 1.54) is 24.3 Å². The van der Waals surface area contributed by atoms with Crippen LogP contribution in [0.5, 0.6) is 17.2 Å². The standard InChI is InChI=1S/C27H28F2O4/c1-27-10-9-20-19-7-5-18(30)13-16(19)4-6-21(20)22(27)14-17(25(27)31)11-15-3-8-23(33-26(28)29)24(12-15)32-2/h3,5,7-8,11-13,20-22,26,30H,4,6,9-10,14H2,1-2H3/b17-11+/t20-,21+,22+,27-/m0/s1. The third kappa shape index (κ3) is 3.69. The number of hydrogen-bond acceptors (Lipinski definition) is 4. The predicted molar refractivity (Wildman–Crippen MR) is 121 cm³/mol. The van der Waals surface area contributed by atoms with E-state index in [1.807, 2.05) is 12.1 Å². The molecule has 1 N–H and O–H groups in total. The minimum Gasteiger partial charge on any atom is -0.508 e. The molecular weight excluding hydrogens is 426 g/mol. The summed E-state index contributed by atoms with van der Waals surface area (Å²) in [6.45, 7) is -0.816. The predicted octanol–water partition coefficient (Wildman–Crippen LogP) is 6.12. The molecule has 2 fully saturated rings. The van der Waals surface area contributed by atoms with E-state index in [1.54, 1.807) is 18.2 Å². The SMILES string of the molecule is COc1cc(/C=C2\C[C@@H]3[C@@H]4CCc5cc(O)ccc5[C@@H]4CC[C@]3(C)C2=O)ccc1OC(F)F. The Morgan fingerprint density at radius 1 is 1.15 bits per heavy atom. The highest BCUT2D eigenvalue weighted by Crippen LogP contribution is 2.61. The van der Waals surface area contributed by atoms with Gasteiger partial charge in [0.05, 0.1) is 7.11 Å². The second-order valence-corrected chi connectivity index (χ2v) is 9.75. The van der Waals surface area contributed by atoms with Crippen molar-refractivity contribution in [2.24, 2.45) is 17.3 Å². The summed E-state index contributed by atoms with van der Waals surface area (Å²) < 4.78 is 35.0. The number of halogens is 2. The molecule has 2 aromatic rings. The Morgan fingerprint density at radius 2 is 1.97 bits per heavy atom. The van der Waals surface area contributed by atoms with E-state index in [-0.39, 0.29) is 28.6 Å². The molecule has 0 amide bonds. The first-order valence-corrected chi connectivity index (χ1v) is 11.5. The highest BCUT2D eigenvalue weighted by atomic mass is 19.3. The molecule has 0 bridgehead atoms. The van der Waals surface area contributed by atoms with Gasteiger partial charge in [0.25, 0.3) is 0 Å². The summed E-state index contributed by atoms with van der Waals surface area (Å²) in [5.74, 6) is 1.84. The number of hydrogen-bond donors (Lipinski definition) is 1. The molecule has 2 saturated carbocycles. The van der Waals surface area contributed by atoms with Crippen molar-refractivity contribution in [3.63, 3.8) is 0 Å². The first kappa shape index (κ1) is 21.9. The zero-order chi connectivity index (χ0) is 23.3. The second kappa shape index (κ2) is 8.15. The quantitative estimate of drug-likeness (QED) is 0.566. The van der Waals surface area contributed by atoms with E-state index < -0.39 is 6.61 Å². The zero-order valence-electron chi connectivity index (χ0n) is 18.8. The molecule has 33 heavy (non-hydrogen) atoms. The topological polar surface area (TPSA) is 55.8 Å². The maximum absolute atomic E-state index is 13.5. The number of Topliss-reactive ketones (excluding diaryl/α,β-unsaturated/α-hetero) is 1. The number of allylic oxidation sites excluding steroid dienone is 1. The highest BCUT2D eigenvalue weighted by Gasteiger charge is 2.56. The number of aryl methyl sites for hydroxylation is 1. The number of carbonyl (C=O) groups is 1. The summed E-state index contributed by atoms with van der Waals surface area (Å²) in [5, 5.41) is 9.88. The summed E-state index contributed by atoms with van der Waals surface area (Å²) in [5.41, 5.74) is 3.72. The number of phenols is 1. The third-order valence-electron chi connectivity index (χ3n) is 8.09. The Bertz CT molecular complexity index is 1130. The Kier molecular flexibility index (Phi) is 5.42. The lowest BCUT2D eigenvalue weighted by molar-refractivity contribution is -0.127. The second-order valence-electron chi connectivity index (χ2n) is 9.75. The smallest absolute Gasteiger partial charge is 0.387 e. The van der Waals surface area contributed by atoms with E-state index >= 15 is 0 Å². The molecule has 3 aliphatic carbocycles. The van der Waals surface area contributed by atoms with Gasteiger partial charge in [-0.3, -0.25) is 4.79 Å². The molecule has 0 aliphatic heterocycles. The van der Waals surface area contributed by atoms with Crippen LogP contribution in [0.25, 0.3) is 6.08 Å². The van der Waals surface area contributed by atoms with E-state index in [0.717, 1.165) is 43.2 Å². The molecule has 0 aromatic heterocycles. The van der Waals surface area contributed by atoms with Crippen LogP contribution in [-0.2, 0) is 11.2 Å². The van der Waals surface area contributed by atoms with Crippen LogP contribution < -0.4 is 9.47 Å². The molecule has 0 heterocycles. The highest BCUT2D eigenvalue weighted by molar-refractivity contribution is 6.06. The number of methoxy groups -OCH3 is 1. The number of carbonyl (C=O) groups excluding carboxylic acids is 1. The Balaban J connectivity index is 1.44. The molecule has 4 atom stereocenters. The van der Waals surface area contributed by atoms with Gasteiger partial charge in [-0.2, -0.15) is 8.78 Å². The van der Waals surface area contributed by atoms with Crippen LogP contribution in [-0.4, -0.2) is 24.6 Å². The van der Waals surface area contributed by atoms with E-state index in [0.29, 0.717) is 17.6 Å². The molecule has 6 heteroatoms. The number of aromatic hydroxyl groups is 1. The van der Waals surface area contributed by atoms with Crippen LogP contribution in [0.1, 0.15) is 55.2 Å². The van der Waals surface area contributed by atoms with Crippen molar-refractivity contribution in [1.29, 1.82) is 0 Å². The van der Waals surface area contributed by atoms with Crippen molar-refractivity contribution in [2.75, 3.05) is 7.11 Å². The summed E-state index contributed by atoms with van der Waals surface area (Å²) in [6, 6.07) is 10.5. The average Bonchev–Trinajstić information content (AvgIpc) is 3.04. The van der Waals surface area contributed by atoms with Gasteiger partial charge in [-0.25, -0.2) is 0 Å². The largest absolute Gasteiger partial charge is 0.508 e. The van der Waals surface area contributed by atoms with Gasteiger partial charge in [-0.1, -0.05) is 19.1 Å². The first-order valence-electron chi connectivity index (χ1n) is 11.5. The van der Waals surface area contributed by atoms with Crippen molar-refractivity contribution in [2.45, 2.75) is 51.6 Å². The molecule has 5 rings (SSSR count). The maximum atomic E-state index is 13.5. The Labute approximate surface area is 192 Å². The van der Waals surface area contributed by atoms with Gasteiger partial charge in [0, 0.05) is 5.41 Å². The molecule has 0 radical (unpaired) electrons. The minimum absolute atomic E-state index is 0.0252. The van der Waals surface area contributed by atoms with E-state index in [2.05, 4.69) is 17.7 Å². The molecule has 4 nitrogen and oxygen atoms in total. The number of ether oxygens (including phenoxy) is 2. The van der Waals surface area contributed by atoms with Crippen molar-refractivity contribution in [3.8, 4) is 17.2 Å². The molecule has 0 spiro atoms. The van der Waals surface area contributed by atoms with Crippen LogP contribution in [0.4, 0.5) is 8.78 Å². The van der Waals surface area contributed by atoms with Crippen molar-refractivity contribution in [1.82, 2.24) is 0 Å². The first-order chi connectivity index (χ1) is 15.8. The summed E-state index contributed by atoms with van der Waals surface area (Å²) >= 11 is 0. The molecule has 0 saturated heterocycles.